The van der Waals surface area contributed by atoms with Crippen molar-refractivity contribution in [3.05, 3.63) is 34.2 Å². The number of hydrogen-bond donors (Lipinski definition) is 2. The lowest BCUT2D eigenvalue weighted by atomic mass is 9.89. The van der Waals surface area contributed by atoms with Gasteiger partial charge in [0.1, 0.15) is 5.69 Å². The van der Waals surface area contributed by atoms with Gasteiger partial charge in [-0.25, -0.2) is 0 Å². The van der Waals surface area contributed by atoms with Crippen LogP contribution >= 0.6 is 11.6 Å². The highest BCUT2D eigenvalue weighted by atomic mass is 35.5. The van der Waals surface area contributed by atoms with E-state index < -0.39 is 0 Å². The molecule has 4 nitrogen and oxygen atoms in total. The largest absolute Gasteiger partial charge is 0.350 e. The Morgan fingerprint density at radius 3 is 3.00 bits per heavy atom. The topological polar surface area (TPSA) is 62.0 Å². The van der Waals surface area contributed by atoms with E-state index in [-0.39, 0.29) is 16.8 Å². The fourth-order valence-corrected chi connectivity index (χ4v) is 2.73. The molecule has 0 aromatic carbocycles. The third-order valence-electron chi connectivity index (χ3n) is 3.28. The SMILES string of the molecule is O=C(NCC1CCCC(Cl)C1)c1cccc(=O)[nH]1. The monoisotopic (exact) mass is 268 g/mol. The first kappa shape index (κ1) is 13.1. The first-order valence-electron chi connectivity index (χ1n) is 6.27. The predicted molar refractivity (Wildman–Crippen MR) is 71.0 cm³/mol. The maximum Gasteiger partial charge on any atom is 0.267 e. The van der Waals surface area contributed by atoms with E-state index >= 15 is 0 Å². The third-order valence-corrected chi connectivity index (χ3v) is 3.68. The van der Waals surface area contributed by atoms with E-state index in [4.69, 9.17) is 11.6 Å². The molecule has 2 unspecified atom stereocenters. The van der Waals surface area contributed by atoms with Gasteiger partial charge in [0, 0.05) is 18.0 Å². The Kier molecular flexibility index (Phi) is 4.42. The van der Waals surface area contributed by atoms with E-state index in [1.54, 1.807) is 12.1 Å². The van der Waals surface area contributed by atoms with E-state index in [1.165, 1.54) is 6.07 Å². The van der Waals surface area contributed by atoms with Crippen molar-refractivity contribution in [2.75, 3.05) is 6.54 Å². The number of aromatic amines is 1. The molecule has 0 aliphatic heterocycles. The van der Waals surface area contributed by atoms with E-state index in [0.717, 1.165) is 25.7 Å². The molecule has 2 atom stereocenters. The highest BCUT2D eigenvalue weighted by Gasteiger charge is 2.20. The summed E-state index contributed by atoms with van der Waals surface area (Å²) in [6.45, 7) is 0.624. The standard InChI is InChI=1S/C13H17ClN2O2/c14-10-4-1-3-9(7-10)8-15-13(18)11-5-2-6-12(17)16-11/h2,5-6,9-10H,1,3-4,7-8H2,(H,15,18)(H,16,17). The van der Waals surface area contributed by atoms with Crippen LogP contribution < -0.4 is 10.9 Å². The Labute approximate surface area is 111 Å². The Bertz CT molecular complexity index is 472. The maximum atomic E-state index is 11.8. The molecule has 1 aliphatic carbocycles. The number of nitrogens with one attached hydrogen (secondary N) is 2. The minimum absolute atomic E-state index is 0.232. The summed E-state index contributed by atoms with van der Waals surface area (Å²) in [5, 5.41) is 3.08. The van der Waals surface area contributed by atoms with Crippen molar-refractivity contribution in [1.29, 1.82) is 0 Å². The summed E-state index contributed by atoms with van der Waals surface area (Å²) in [4.78, 5) is 25.4. The summed E-state index contributed by atoms with van der Waals surface area (Å²) < 4.78 is 0. The van der Waals surface area contributed by atoms with Crippen molar-refractivity contribution in [3.8, 4) is 0 Å². The average molecular weight is 269 g/mol. The number of hydrogen-bond acceptors (Lipinski definition) is 2. The first-order chi connectivity index (χ1) is 8.65. The van der Waals surface area contributed by atoms with Crippen LogP contribution in [0.15, 0.2) is 23.0 Å². The fraction of sp³-hybridized carbons (Fsp3) is 0.538. The lowest BCUT2D eigenvalue weighted by molar-refractivity contribution is 0.0938. The van der Waals surface area contributed by atoms with Crippen LogP contribution in [0.3, 0.4) is 0 Å². The molecule has 2 rings (SSSR count). The summed E-state index contributed by atoms with van der Waals surface area (Å²) >= 11 is 6.10. The van der Waals surface area contributed by atoms with Crippen molar-refractivity contribution >= 4 is 17.5 Å². The van der Waals surface area contributed by atoms with Gasteiger partial charge in [-0.15, -0.1) is 11.6 Å². The molecule has 1 aromatic heterocycles. The Hall–Kier alpha value is -1.29. The van der Waals surface area contributed by atoms with Gasteiger partial charge in [-0.3, -0.25) is 9.59 Å². The van der Waals surface area contributed by atoms with Crippen LogP contribution in [-0.2, 0) is 0 Å². The maximum absolute atomic E-state index is 11.8. The average Bonchev–Trinajstić information content (AvgIpc) is 2.36. The summed E-state index contributed by atoms with van der Waals surface area (Å²) in [5.74, 6) is 0.213. The van der Waals surface area contributed by atoms with Gasteiger partial charge in [0.2, 0.25) is 5.56 Å². The van der Waals surface area contributed by atoms with Gasteiger partial charge in [0.05, 0.1) is 0 Å². The zero-order chi connectivity index (χ0) is 13.0. The van der Waals surface area contributed by atoms with Crippen molar-refractivity contribution in [2.24, 2.45) is 5.92 Å². The van der Waals surface area contributed by atoms with Crippen LogP contribution in [0.25, 0.3) is 0 Å². The lowest BCUT2D eigenvalue weighted by Gasteiger charge is -2.25. The van der Waals surface area contributed by atoms with Crippen LogP contribution in [0.4, 0.5) is 0 Å². The van der Waals surface area contributed by atoms with Gasteiger partial charge in [0.15, 0.2) is 0 Å². The predicted octanol–water partition coefficient (Wildman–Crippen LogP) is 1.90. The molecular formula is C13H17ClN2O2. The van der Waals surface area contributed by atoms with Crippen LogP contribution in [0.5, 0.6) is 0 Å². The van der Waals surface area contributed by atoms with Crippen LogP contribution in [0.2, 0.25) is 0 Å². The van der Waals surface area contributed by atoms with Gasteiger partial charge in [-0.1, -0.05) is 12.5 Å². The smallest absolute Gasteiger partial charge is 0.267 e. The zero-order valence-electron chi connectivity index (χ0n) is 10.1. The van der Waals surface area contributed by atoms with Crippen molar-refractivity contribution in [3.63, 3.8) is 0 Å². The molecule has 18 heavy (non-hydrogen) atoms. The second kappa shape index (κ2) is 6.05. The molecule has 0 saturated heterocycles. The van der Waals surface area contributed by atoms with Crippen molar-refractivity contribution in [2.45, 2.75) is 31.1 Å². The molecule has 0 spiro atoms. The second-order valence-electron chi connectivity index (χ2n) is 4.77. The zero-order valence-corrected chi connectivity index (χ0v) is 10.9. The van der Waals surface area contributed by atoms with Crippen molar-refractivity contribution in [1.82, 2.24) is 10.3 Å². The number of rotatable bonds is 3. The minimum Gasteiger partial charge on any atom is -0.350 e. The molecule has 2 N–H and O–H groups in total. The molecule has 5 heteroatoms. The Morgan fingerprint density at radius 1 is 1.44 bits per heavy atom. The highest BCUT2D eigenvalue weighted by Crippen LogP contribution is 2.27. The van der Waals surface area contributed by atoms with Gasteiger partial charge in [-0.05, 0) is 31.2 Å². The number of halogens is 1. The molecule has 1 fully saturated rings. The van der Waals surface area contributed by atoms with E-state index in [1.807, 2.05) is 0 Å². The lowest BCUT2D eigenvalue weighted by Crippen LogP contribution is -2.33. The van der Waals surface area contributed by atoms with Gasteiger partial charge >= 0.3 is 0 Å². The minimum atomic E-state index is -0.263. The van der Waals surface area contributed by atoms with Gasteiger partial charge in [-0.2, -0.15) is 0 Å². The van der Waals surface area contributed by atoms with E-state index in [0.29, 0.717) is 18.2 Å². The number of amides is 1. The fourth-order valence-electron chi connectivity index (χ4n) is 2.32. The number of alkyl halides is 1. The molecule has 1 aromatic rings. The molecule has 98 valence electrons. The highest BCUT2D eigenvalue weighted by molar-refractivity contribution is 6.20. The second-order valence-corrected chi connectivity index (χ2v) is 5.39. The van der Waals surface area contributed by atoms with Gasteiger partial charge in [0.25, 0.3) is 5.91 Å². The van der Waals surface area contributed by atoms with E-state index in [9.17, 15) is 9.59 Å². The normalized spacial score (nSPS) is 23.6. The van der Waals surface area contributed by atoms with Crippen LogP contribution in [0, 0.1) is 5.92 Å². The van der Waals surface area contributed by atoms with Crippen LogP contribution in [0.1, 0.15) is 36.2 Å². The van der Waals surface area contributed by atoms with E-state index in [2.05, 4.69) is 10.3 Å². The summed E-state index contributed by atoms with van der Waals surface area (Å²) in [7, 11) is 0. The van der Waals surface area contributed by atoms with Crippen molar-refractivity contribution < 1.29 is 4.79 Å². The quantitative estimate of drug-likeness (QED) is 0.823. The first-order valence-corrected chi connectivity index (χ1v) is 6.70. The number of carbonyl (C=O) groups is 1. The van der Waals surface area contributed by atoms with Gasteiger partial charge < -0.3 is 10.3 Å². The summed E-state index contributed by atoms with van der Waals surface area (Å²) in [6, 6.07) is 4.56. The molecule has 0 radical (unpaired) electrons. The number of pyridine rings is 1. The molecule has 1 amide bonds. The number of aromatic nitrogens is 1. The Morgan fingerprint density at radius 2 is 2.28 bits per heavy atom. The number of carbonyl (C=O) groups excluding carboxylic acids is 1. The summed E-state index contributed by atoms with van der Waals surface area (Å²) in [6.07, 6.45) is 4.25. The number of H-pyrrole nitrogens is 1. The molecule has 0 bridgehead atoms. The molecule has 1 heterocycles. The third kappa shape index (κ3) is 3.60. The molecule has 1 aliphatic rings. The Balaban J connectivity index is 1.86. The molecular weight excluding hydrogens is 252 g/mol. The summed E-state index contributed by atoms with van der Waals surface area (Å²) in [5.41, 5.74) is 0.0434. The molecule has 1 saturated carbocycles. The van der Waals surface area contributed by atoms with Crippen LogP contribution in [-0.4, -0.2) is 22.8 Å².